The molecule has 0 aromatic rings. The van der Waals surface area contributed by atoms with Crippen LogP contribution in [0.2, 0.25) is 0 Å². The van der Waals surface area contributed by atoms with Gasteiger partial charge < -0.3 is 16.2 Å². The van der Waals surface area contributed by atoms with Crippen molar-refractivity contribution >= 4 is 36.7 Å². The molecule has 120 valence electrons. The van der Waals surface area contributed by atoms with Crippen LogP contribution in [-0.2, 0) is 9.59 Å². The normalized spacial score (nSPS) is 26.4. The highest BCUT2D eigenvalue weighted by atomic mass is 35.5. The number of nitrogens with one attached hydrogen (secondary N) is 2. The molecule has 1 heterocycles. The van der Waals surface area contributed by atoms with Gasteiger partial charge in [-0.25, -0.2) is 0 Å². The molecule has 0 spiro atoms. The van der Waals surface area contributed by atoms with Crippen molar-refractivity contribution in [1.82, 2.24) is 10.6 Å². The maximum Gasteiger partial charge on any atom is 0.320 e. The van der Waals surface area contributed by atoms with E-state index in [0.717, 1.165) is 6.42 Å². The molecule has 4 atom stereocenters. The Morgan fingerprint density at radius 3 is 2.30 bits per heavy atom. The first-order chi connectivity index (χ1) is 8.31. The van der Waals surface area contributed by atoms with E-state index in [9.17, 15) is 9.59 Å². The number of rotatable bonds is 5. The van der Waals surface area contributed by atoms with Crippen molar-refractivity contribution in [2.24, 2.45) is 11.7 Å². The predicted octanol–water partition coefficient (Wildman–Crippen LogP) is 0.523. The van der Waals surface area contributed by atoms with E-state index in [2.05, 4.69) is 24.5 Å². The Hall–Kier alpha value is -0.560. The van der Waals surface area contributed by atoms with Crippen LogP contribution in [0.4, 0.5) is 0 Å². The van der Waals surface area contributed by atoms with Gasteiger partial charge in [0.05, 0.1) is 0 Å². The summed E-state index contributed by atoms with van der Waals surface area (Å²) in [6.07, 6.45) is 1.17. The summed E-state index contributed by atoms with van der Waals surface area (Å²) in [7, 11) is 0. The topological polar surface area (TPSA) is 104 Å². The highest BCUT2D eigenvalue weighted by Gasteiger charge is 2.39. The van der Waals surface area contributed by atoms with Gasteiger partial charge in [-0.15, -0.1) is 24.8 Å². The van der Waals surface area contributed by atoms with E-state index in [0.29, 0.717) is 12.3 Å². The summed E-state index contributed by atoms with van der Waals surface area (Å²) in [5.41, 5.74) is 5.98. The maximum atomic E-state index is 11.2. The molecule has 1 amide bonds. The second kappa shape index (κ2) is 9.39. The molecule has 1 aliphatic heterocycles. The first kappa shape index (κ1) is 21.7. The molecule has 0 saturated carbocycles. The van der Waals surface area contributed by atoms with Crippen molar-refractivity contribution in [3.63, 3.8) is 0 Å². The van der Waals surface area contributed by atoms with Crippen LogP contribution in [0.15, 0.2) is 0 Å². The van der Waals surface area contributed by atoms with Crippen LogP contribution in [0.3, 0.4) is 0 Å². The lowest BCUT2D eigenvalue weighted by Gasteiger charge is -2.29. The van der Waals surface area contributed by atoms with Gasteiger partial charge in [-0.05, 0) is 18.8 Å². The molecule has 1 saturated heterocycles. The molecule has 8 heteroatoms. The van der Waals surface area contributed by atoms with E-state index in [1.807, 2.05) is 0 Å². The van der Waals surface area contributed by atoms with Crippen LogP contribution in [0.1, 0.15) is 33.6 Å². The van der Waals surface area contributed by atoms with Crippen molar-refractivity contribution < 1.29 is 14.7 Å². The summed E-state index contributed by atoms with van der Waals surface area (Å²) in [6.45, 7) is 5.58. The van der Waals surface area contributed by atoms with Crippen molar-refractivity contribution in [3.8, 4) is 0 Å². The Labute approximate surface area is 132 Å². The van der Waals surface area contributed by atoms with Crippen LogP contribution in [0, 0.1) is 5.92 Å². The fourth-order valence-electron chi connectivity index (χ4n) is 2.49. The molecule has 1 aliphatic rings. The molecule has 0 aliphatic carbocycles. The Morgan fingerprint density at radius 2 is 1.95 bits per heavy atom. The minimum Gasteiger partial charge on any atom is -0.480 e. The third-order valence-corrected chi connectivity index (χ3v) is 3.21. The number of carboxylic acids is 1. The fourth-order valence-corrected chi connectivity index (χ4v) is 2.49. The monoisotopic (exact) mass is 329 g/mol. The number of carboxylic acid groups (broad SMARTS) is 1. The van der Waals surface area contributed by atoms with Gasteiger partial charge in [-0.2, -0.15) is 0 Å². The number of aliphatic carboxylic acids is 1. The molecule has 0 bridgehead atoms. The molecule has 0 aromatic heterocycles. The number of carbonyl (C=O) groups is 2. The van der Waals surface area contributed by atoms with Crippen LogP contribution >= 0.6 is 24.8 Å². The fraction of sp³-hybridized carbons (Fsp3) is 0.833. The summed E-state index contributed by atoms with van der Waals surface area (Å²) in [5.74, 6) is -0.604. The van der Waals surface area contributed by atoms with E-state index in [1.54, 1.807) is 0 Å². The quantitative estimate of drug-likeness (QED) is 0.588. The Kier molecular flexibility index (Phi) is 10.2. The van der Waals surface area contributed by atoms with Crippen LogP contribution < -0.4 is 16.4 Å². The molecule has 1 rings (SSSR count). The number of amides is 1. The predicted molar refractivity (Wildman–Crippen MR) is 82.5 cm³/mol. The van der Waals surface area contributed by atoms with Gasteiger partial charge in [-0.3, -0.25) is 14.9 Å². The number of nitrogens with two attached hydrogens (primary N) is 1. The largest absolute Gasteiger partial charge is 0.480 e. The first-order valence-corrected chi connectivity index (χ1v) is 6.32. The second-order valence-corrected chi connectivity index (χ2v) is 5.42. The lowest BCUT2D eigenvalue weighted by atomic mass is 9.94. The highest BCUT2D eigenvalue weighted by Crippen LogP contribution is 2.19. The van der Waals surface area contributed by atoms with Crippen LogP contribution in [-0.4, -0.2) is 41.2 Å². The number of hydrogen-bond donors (Lipinski definition) is 4. The van der Waals surface area contributed by atoms with E-state index in [-0.39, 0.29) is 48.8 Å². The lowest BCUT2D eigenvalue weighted by Crippen LogP contribution is -2.54. The van der Waals surface area contributed by atoms with Crippen LogP contribution in [0.25, 0.3) is 0 Å². The third kappa shape index (κ3) is 6.26. The molecule has 0 aromatic carbocycles. The van der Waals surface area contributed by atoms with E-state index in [1.165, 1.54) is 6.92 Å². The summed E-state index contributed by atoms with van der Waals surface area (Å²) < 4.78 is 0. The van der Waals surface area contributed by atoms with Crippen molar-refractivity contribution in [2.75, 3.05) is 0 Å². The van der Waals surface area contributed by atoms with Gasteiger partial charge in [0.1, 0.15) is 6.04 Å². The summed E-state index contributed by atoms with van der Waals surface area (Å²) >= 11 is 0. The average Bonchev–Trinajstić information content (AvgIpc) is 2.58. The summed E-state index contributed by atoms with van der Waals surface area (Å²) in [4.78, 5) is 22.2. The molecule has 5 N–H and O–H groups in total. The number of halogens is 2. The SMILES string of the molecule is CC(=O)N[C@@H](CC(C)C)[C@H]1N[C@@H](C(=O)O)C[C@H]1N.Cl.Cl. The Bertz CT molecular complexity index is 329. The van der Waals surface area contributed by atoms with Crippen molar-refractivity contribution in [2.45, 2.75) is 57.8 Å². The Balaban J connectivity index is 0. The van der Waals surface area contributed by atoms with Gasteiger partial charge in [-0.1, -0.05) is 13.8 Å². The molecule has 0 radical (unpaired) electrons. The minimum absolute atomic E-state index is 0. The highest BCUT2D eigenvalue weighted by molar-refractivity contribution is 5.85. The van der Waals surface area contributed by atoms with Gasteiger partial charge in [0.2, 0.25) is 5.91 Å². The third-order valence-electron chi connectivity index (χ3n) is 3.21. The van der Waals surface area contributed by atoms with Gasteiger partial charge in [0.25, 0.3) is 0 Å². The lowest BCUT2D eigenvalue weighted by molar-refractivity contribution is -0.139. The average molecular weight is 330 g/mol. The maximum absolute atomic E-state index is 11.2. The second-order valence-electron chi connectivity index (χ2n) is 5.42. The van der Waals surface area contributed by atoms with Gasteiger partial charge >= 0.3 is 5.97 Å². The molecule has 0 unspecified atom stereocenters. The zero-order valence-corrected chi connectivity index (χ0v) is 13.6. The first-order valence-electron chi connectivity index (χ1n) is 6.32. The van der Waals surface area contributed by atoms with Gasteiger partial charge in [0, 0.05) is 25.0 Å². The molecule has 1 fully saturated rings. The van der Waals surface area contributed by atoms with E-state index >= 15 is 0 Å². The number of carbonyl (C=O) groups excluding carboxylic acids is 1. The summed E-state index contributed by atoms with van der Waals surface area (Å²) in [5, 5.41) is 14.9. The zero-order chi connectivity index (χ0) is 13.9. The minimum atomic E-state index is -0.890. The number of hydrogen-bond acceptors (Lipinski definition) is 4. The standard InChI is InChI=1S/C12H23N3O3.2ClH/c1-6(2)4-9(14-7(3)16)11-8(13)5-10(15-11)12(17)18;;/h6,8-11,15H,4-5,13H2,1-3H3,(H,14,16)(H,17,18);2*1H/t8-,9+,10-,11+;;/m1../s1. The van der Waals surface area contributed by atoms with Gasteiger partial charge in [0.15, 0.2) is 0 Å². The van der Waals surface area contributed by atoms with Crippen molar-refractivity contribution in [3.05, 3.63) is 0 Å². The molecule has 6 nitrogen and oxygen atoms in total. The smallest absolute Gasteiger partial charge is 0.320 e. The summed E-state index contributed by atoms with van der Waals surface area (Å²) in [6, 6.07) is -1.17. The molecular formula is C12H25Cl2N3O3. The van der Waals surface area contributed by atoms with E-state index in [4.69, 9.17) is 10.8 Å². The van der Waals surface area contributed by atoms with Crippen LogP contribution in [0.5, 0.6) is 0 Å². The van der Waals surface area contributed by atoms with Crippen molar-refractivity contribution in [1.29, 1.82) is 0 Å². The zero-order valence-electron chi connectivity index (χ0n) is 12.0. The van der Waals surface area contributed by atoms with E-state index < -0.39 is 12.0 Å². The molecular weight excluding hydrogens is 305 g/mol. The molecule has 20 heavy (non-hydrogen) atoms. The Morgan fingerprint density at radius 1 is 1.40 bits per heavy atom.